The number of hydrogen-bond donors (Lipinski definition) is 1. The number of rotatable bonds is 10. The molecule has 3 nitrogen and oxygen atoms in total. The van der Waals surface area contributed by atoms with Crippen LogP contribution in [-0.4, -0.2) is 42.6 Å². The highest BCUT2D eigenvalue weighted by Crippen LogP contribution is 2.26. The van der Waals surface area contributed by atoms with Crippen molar-refractivity contribution < 1.29 is 9.84 Å². The van der Waals surface area contributed by atoms with Gasteiger partial charge in [0, 0.05) is 18.0 Å². The van der Waals surface area contributed by atoms with Crippen LogP contribution in [0.1, 0.15) is 28.4 Å². The minimum Gasteiger partial charge on any atom is -0.389 e. The number of aryl methyl sites for hydroxylation is 1. The summed E-state index contributed by atoms with van der Waals surface area (Å²) in [7, 11) is 2.03. The third kappa shape index (κ3) is 6.71. The lowest BCUT2D eigenvalue weighted by Gasteiger charge is -2.24. The third-order valence-corrected chi connectivity index (χ3v) is 5.82. The van der Waals surface area contributed by atoms with Crippen molar-refractivity contribution in [3.8, 4) is 0 Å². The van der Waals surface area contributed by atoms with Crippen molar-refractivity contribution in [3.63, 3.8) is 0 Å². The van der Waals surface area contributed by atoms with Gasteiger partial charge in [0.25, 0.3) is 0 Å². The van der Waals surface area contributed by atoms with Crippen LogP contribution < -0.4 is 0 Å². The maximum absolute atomic E-state index is 10.6. The molecular weight excluding hydrogens is 390 g/mol. The van der Waals surface area contributed by atoms with Crippen LogP contribution in [0.3, 0.4) is 0 Å². The van der Waals surface area contributed by atoms with Crippen LogP contribution in [0.4, 0.5) is 0 Å². The summed E-state index contributed by atoms with van der Waals surface area (Å²) in [5.41, 5.74) is 4.65. The molecule has 2 atom stereocenters. The van der Waals surface area contributed by atoms with Crippen molar-refractivity contribution in [2.75, 3.05) is 26.5 Å². The summed E-state index contributed by atoms with van der Waals surface area (Å²) in [6.45, 7) is 3.71. The van der Waals surface area contributed by atoms with Gasteiger partial charge in [0.05, 0.1) is 12.7 Å². The summed E-state index contributed by atoms with van der Waals surface area (Å²) >= 11 is 1.74. The van der Waals surface area contributed by atoms with Gasteiger partial charge in [0.15, 0.2) is 0 Å². The van der Waals surface area contributed by atoms with E-state index < -0.39 is 6.10 Å². The quantitative estimate of drug-likeness (QED) is 0.449. The van der Waals surface area contributed by atoms with Gasteiger partial charge >= 0.3 is 0 Å². The average molecular weight is 422 g/mol. The summed E-state index contributed by atoms with van der Waals surface area (Å²) in [5, 5.41) is 10.6. The van der Waals surface area contributed by atoms with Gasteiger partial charge in [-0.15, -0.1) is 11.8 Å². The van der Waals surface area contributed by atoms with Gasteiger partial charge in [-0.3, -0.25) is 4.90 Å². The molecule has 0 aliphatic rings. The SMILES string of the molecule is CSc1ccc(CN(C)C[C@@H](O)CO[C@@H](c2ccccc2)c2ccc(C)cc2)cc1. The van der Waals surface area contributed by atoms with E-state index in [0.717, 1.165) is 17.7 Å². The van der Waals surface area contributed by atoms with Gasteiger partial charge in [0.2, 0.25) is 0 Å². The predicted molar refractivity (Wildman–Crippen MR) is 126 cm³/mol. The molecule has 0 saturated carbocycles. The molecule has 0 aliphatic heterocycles. The van der Waals surface area contributed by atoms with E-state index in [4.69, 9.17) is 4.74 Å². The lowest BCUT2D eigenvalue weighted by Crippen LogP contribution is -2.32. The molecule has 0 aromatic heterocycles. The maximum Gasteiger partial charge on any atom is 0.108 e. The standard InChI is InChI=1S/C26H31NO2S/c1-20-9-13-23(14-10-20)26(22-7-5-4-6-8-22)29-19-24(28)18-27(2)17-21-11-15-25(30-3)16-12-21/h4-16,24,26,28H,17-19H2,1-3H3/t24-,26+/m1/s1. The van der Waals surface area contributed by atoms with Gasteiger partial charge in [0.1, 0.15) is 6.10 Å². The van der Waals surface area contributed by atoms with Crippen LogP contribution in [0.15, 0.2) is 83.8 Å². The van der Waals surface area contributed by atoms with E-state index in [1.54, 1.807) is 11.8 Å². The molecule has 0 radical (unpaired) electrons. The zero-order chi connectivity index (χ0) is 21.3. The first kappa shape index (κ1) is 22.6. The average Bonchev–Trinajstić information content (AvgIpc) is 2.76. The summed E-state index contributed by atoms with van der Waals surface area (Å²) in [6.07, 6.45) is 1.33. The number of likely N-dealkylation sites (N-methyl/N-ethyl adjacent to an activating group) is 1. The third-order valence-electron chi connectivity index (χ3n) is 5.07. The Morgan fingerprint density at radius 2 is 1.53 bits per heavy atom. The Balaban J connectivity index is 1.58. The monoisotopic (exact) mass is 421 g/mol. The van der Waals surface area contributed by atoms with Crippen LogP contribution >= 0.6 is 11.8 Å². The molecule has 0 spiro atoms. The van der Waals surface area contributed by atoms with Crippen LogP contribution in [-0.2, 0) is 11.3 Å². The Morgan fingerprint density at radius 1 is 0.900 bits per heavy atom. The van der Waals surface area contributed by atoms with Crippen molar-refractivity contribution in [2.45, 2.75) is 30.6 Å². The molecule has 30 heavy (non-hydrogen) atoms. The number of benzene rings is 3. The van der Waals surface area contributed by atoms with Gasteiger partial charge in [-0.1, -0.05) is 72.3 Å². The molecule has 0 bridgehead atoms. The van der Waals surface area contributed by atoms with Crippen LogP contribution in [0.5, 0.6) is 0 Å². The summed E-state index contributed by atoms with van der Waals surface area (Å²) in [6, 6.07) is 27.2. The first-order chi connectivity index (χ1) is 14.5. The van der Waals surface area contributed by atoms with E-state index in [2.05, 4.69) is 78.7 Å². The lowest BCUT2D eigenvalue weighted by atomic mass is 10.0. The molecule has 0 fully saturated rings. The molecule has 4 heteroatoms. The number of thioether (sulfide) groups is 1. The highest BCUT2D eigenvalue weighted by molar-refractivity contribution is 7.98. The smallest absolute Gasteiger partial charge is 0.108 e. The first-order valence-electron chi connectivity index (χ1n) is 10.3. The summed E-state index contributed by atoms with van der Waals surface area (Å²) in [4.78, 5) is 3.39. The number of aliphatic hydroxyl groups excluding tert-OH is 1. The van der Waals surface area contributed by atoms with E-state index in [1.165, 1.54) is 16.0 Å². The Morgan fingerprint density at radius 3 is 2.17 bits per heavy atom. The highest BCUT2D eigenvalue weighted by atomic mass is 32.2. The molecule has 0 heterocycles. The van der Waals surface area contributed by atoms with Gasteiger partial charge < -0.3 is 9.84 Å². The fourth-order valence-corrected chi connectivity index (χ4v) is 3.89. The normalized spacial score (nSPS) is 13.4. The van der Waals surface area contributed by atoms with Gasteiger partial charge in [-0.2, -0.15) is 0 Å². The van der Waals surface area contributed by atoms with Gasteiger partial charge in [-0.05, 0) is 49.1 Å². The van der Waals surface area contributed by atoms with Crippen molar-refractivity contribution in [2.24, 2.45) is 0 Å². The second-order valence-corrected chi connectivity index (χ2v) is 8.61. The predicted octanol–water partition coefficient (Wildman–Crippen LogP) is 5.32. The second kappa shape index (κ2) is 11.3. The Labute approximate surface area is 184 Å². The van der Waals surface area contributed by atoms with Crippen molar-refractivity contribution >= 4 is 11.8 Å². The number of nitrogens with zero attached hydrogens (tertiary/aromatic N) is 1. The van der Waals surface area contributed by atoms with Crippen LogP contribution in [0, 0.1) is 6.92 Å². The topological polar surface area (TPSA) is 32.7 Å². The number of aliphatic hydroxyl groups is 1. The van der Waals surface area contributed by atoms with E-state index in [1.807, 2.05) is 25.2 Å². The Kier molecular flexibility index (Phi) is 8.52. The maximum atomic E-state index is 10.6. The lowest BCUT2D eigenvalue weighted by molar-refractivity contribution is -0.00626. The van der Waals surface area contributed by atoms with E-state index in [-0.39, 0.29) is 12.7 Å². The fraction of sp³-hybridized carbons (Fsp3) is 0.308. The molecule has 3 aromatic rings. The Bertz CT molecular complexity index is 881. The fourth-order valence-electron chi connectivity index (χ4n) is 3.48. The molecule has 3 rings (SSSR count). The highest BCUT2D eigenvalue weighted by Gasteiger charge is 2.17. The number of hydrogen-bond acceptors (Lipinski definition) is 4. The Hall–Kier alpha value is -2.11. The first-order valence-corrected chi connectivity index (χ1v) is 11.5. The molecule has 0 saturated heterocycles. The summed E-state index contributed by atoms with van der Waals surface area (Å²) in [5.74, 6) is 0. The van der Waals surface area contributed by atoms with Gasteiger partial charge in [-0.25, -0.2) is 0 Å². The molecule has 0 amide bonds. The van der Waals surface area contributed by atoms with E-state index in [0.29, 0.717) is 6.54 Å². The van der Waals surface area contributed by atoms with E-state index in [9.17, 15) is 5.11 Å². The zero-order valence-electron chi connectivity index (χ0n) is 18.0. The van der Waals surface area contributed by atoms with Crippen molar-refractivity contribution in [1.29, 1.82) is 0 Å². The van der Waals surface area contributed by atoms with Crippen molar-refractivity contribution in [3.05, 3.63) is 101 Å². The van der Waals surface area contributed by atoms with Crippen molar-refractivity contribution in [1.82, 2.24) is 4.90 Å². The van der Waals surface area contributed by atoms with E-state index >= 15 is 0 Å². The molecule has 0 aliphatic carbocycles. The van der Waals surface area contributed by atoms with Crippen LogP contribution in [0.25, 0.3) is 0 Å². The second-order valence-electron chi connectivity index (χ2n) is 7.73. The van der Waals surface area contributed by atoms with Crippen LogP contribution in [0.2, 0.25) is 0 Å². The largest absolute Gasteiger partial charge is 0.389 e. The summed E-state index contributed by atoms with van der Waals surface area (Å²) < 4.78 is 6.22. The number of ether oxygens (including phenoxy) is 1. The molecule has 158 valence electrons. The molecular formula is C26H31NO2S. The molecule has 1 N–H and O–H groups in total. The minimum atomic E-state index is -0.558. The molecule has 0 unspecified atom stereocenters. The molecule has 3 aromatic carbocycles. The minimum absolute atomic E-state index is 0.189. The zero-order valence-corrected chi connectivity index (χ0v) is 18.8.